The highest BCUT2D eigenvalue weighted by atomic mass is 19.1. The lowest BCUT2D eigenvalue weighted by atomic mass is 10.0. The summed E-state index contributed by atoms with van der Waals surface area (Å²) in [6.07, 6.45) is 3.71. The minimum atomic E-state index is -0.436. The van der Waals surface area contributed by atoms with E-state index in [1.165, 1.54) is 6.07 Å². The number of hydrogen-bond acceptors (Lipinski definition) is 3. The number of para-hydroxylation sites is 1. The molecule has 186 valence electrons. The minimum absolute atomic E-state index is 0.180. The highest BCUT2D eigenvalue weighted by Crippen LogP contribution is 2.28. The molecule has 0 radical (unpaired) electrons. The molecule has 1 aromatic heterocycles. The van der Waals surface area contributed by atoms with E-state index in [0.29, 0.717) is 23.4 Å². The van der Waals surface area contributed by atoms with Gasteiger partial charge in [0, 0.05) is 29.4 Å². The lowest BCUT2D eigenvalue weighted by molar-refractivity contribution is 0.0952. The van der Waals surface area contributed by atoms with E-state index < -0.39 is 5.82 Å². The van der Waals surface area contributed by atoms with E-state index in [1.54, 1.807) is 16.8 Å². The topological polar surface area (TPSA) is 56.1 Å². The third-order valence-corrected chi connectivity index (χ3v) is 6.25. The van der Waals surface area contributed by atoms with Crippen molar-refractivity contribution in [2.45, 2.75) is 26.3 Å². The van der Waals surface area contributed by atoms with Crippen LogP contribution in [0, 0.1) is 5.82 Å². The Balaban J connectivity index is 1.45. The van der Waals surface area contributed by atoms with Gasteiger partial charge in [0.1, 0.15) is 0 Å². The molecule has 6 heteroatoms. The molecule has 0 fully saturated rings. The van der Waals surface area contributed by atoms with Gasteiger partial charge in [-0.3, -0.25) is 4.79 Å². The predicted octanol–water partition coefficient (Wildman–Crippen LogP) is 6.94. The van der Waals surface area contributed by atoms with E-state index in [4.69, 9.17) is 9.84 Å². The van der Waals surface area contributed by atoms with E-state index in [9.17, 15) is 9.18 Å². The number of hydrogen-bond donors (Lipinski definition) is 1. The van der Waals surface area contributed by atoms with Crippen LogP contribution in [0.25, 0.3) is 27.7 Å². The fourth-order valence-electron chi connectivity index (χ4n) is 4.28. The standard InChI is InChI=1S/C31H28FN3O2/c1-2-3-18-37-29-17-16-23(19-28(29)32)30-24(21-35(34-30)25-12-5-4-6-13-25)20-33-31(36)27-15-9-11-22-10-7-8-14-26(22)27/h4-17,19,21H,2-3,18,20H2,1H3,(H,33,36). The Bertz CT molecular complexity index is 1520. The average Bonchev–Trinajstić information content (AvgIpc) is 3.37. The SMILES string of the molecule is CCCCOc1ccc(-c2nn(-c3ccccc3)cc2CNC(=O)c2cccc3ccccc23)cc1F. The summed E-state index contributed by atoms with van der Waals surface area (Å²) in [6.45, 7) is 2.77. The molecule has 1 N–H and O–H groups in total. The number of rotatable bonds is 9. The van der Waals surface area contributed by atoms with Crippen LogP contribution in [0.15, 0.2) is 97.2 Å². The molecular formula is C31H28FN3O2. The van der Waals surface area contributed by atoms with Gasteiger partial charge >= 0.3 is 0 Å². The van der Waals surface area contributed by atoms with E-state index >= 15 is 0 Å². The monoisotopic (exact) mass is 493 g/mol. The largest absolute Gasteiger partial charge is 0.491 e. The Morgan fingerprint density at radius 2 is 1.76 bits per heavy atom. The van der Waals surface area contributed by atoms with Crippen molar-refractivity contribution in [1.82, 2.24) is 15.1 Å². The van der Waals surface area contributed by atoms with Crippen molar-refractivity contribution < 1.29 is 13.9 Å². The third kappa shape index (κ3) is 5.38. The van der Waals surface area contributed by atoms with Crippen LogP contribution in [0.1, 0.15) is 35.7 Å². The quantitative estimate of drug-likeness (QED) is 0.226. The maximum atomic E-state index is 14.9. The number of ether oxygens (including phenoxy) is 1. The van der Waals surface area contributed by atoms with Gasteiger partial charge in [-0.2, -0.15) is 5.10 Å². The van der Waals surface area contributed by atoms with Crippen LogP contribution in [0.3, 0.4) is 0 Å². The molecule has 0 unspecified atom stereocenters. The maximum Gasteiger partial charge on any atom is 0.252 e. The summed E-state index contributed by atoms with van der Waals surface area (Å²) in [4.78, 5) is 13.2. The summed E-state index contributed by atoms with van der Waals surface area (Å²) in [7, 11) is 0. The molecule has 0 bridgehead atoms. The molecule has 0 aliphatic heterocycles. The van der Waals surface area contributed by atoms with Crippen molar-refractivity contribution >= 4 is 16.7 Å². The lowest BCUT2D eigenvalue weighted by Gasteiger charge is -2.10. The molecule has 4 aromatic carbocycles. The van der Waals surface area contributed by atoms with Gasteiger partial charge in [0.25, 0.3) is 5.91 Å². The van der Waals surface area contributed by atoms with E-state index in [1.807, 2.05) is 79.0 Å². The first kappa shape index (κ1) is 24.3. The van der Waals surface area contributed by atoms with Gasteiger partial charge in [0.2, 0.25) is 0 Å². The van der Waals surface area contributed by atoms with E-state index in [-0.39, 0.29) is 18.2 Å². The first-order chi connectivity index (χ1) is 18.1. The zero-order valence-electron chi connectivity index (χ0n) is 20.7. The number of fused-ring (bicyclic) bond motifs is 1. The van der Waals surface area contributed by atoms with Crippen LogP contribution in [0.2, 0.25) is 0 Å². The number of amides is 1. The predicted molar refractivity (Wildman–Crippen MR) is 144 cm³/mol. The Morgan fingerprint density at radius 3 is 2.57 bits per heavy atom. The van der Waals surface area contributed by atoms with Gasteiger partial charge < -0.3 is 10.1 Å². The van der Waals surface area contributed by atoms with Crippen molar-refractivity contribution in [3.05, 3.63) is 114 Å². The molecular weight excluding hydrogens is 465 g/mol. The van der Waals surface area contributed by atoms with E-state index in [0.717, 1.165) is 34.9 Å². The second kappa shape index (κ2) is 11.1. The van der Waals surface area contributed by atoms with Crippen molar-refractivity contribution in [2.75, 3.05) is 6.61 Å². The van der Waals surface area contributed by atoms with Gasteiger partial charge in [-0.25, -0.2) is 9.07 Å². The van der Waals surface area contributed by atoms with Crippen LogP contribution < -0.4 is 10.1 Å². The molecule has 0 aliphatic carbocycles. The van der Waals surface area contributed by atoms with Gasteiger partial charge in [-0.1, -0.05) is 67.9 Å². The molecule has 37 heavy (non-hydrogen) atoms. The second-order valence-corrected chi connectivity index (χ2v) is 8.84. The minimum Gasteiger partial charge on any atom is -0.491 e. The number of halogens is 1. The highest BCUT2D eigenvalue weighted by molar-refractivity contribution is 6.07. The van der Waals surface area contributed by atoms with Crippen molar-refractivity contribution in [3.63, 3.8) is 0 Å². The summed E-state index contributed by atoms with van der Waals surface area (Å²) in [5.41, 5.74) is 3.46. The zero-order valence-corrected chi connectivity index (χ0v) is 20.7. The fourth-order valence-corrected chi connectivity index (χ4v) is 4.28. The fraction of sp³-hybridized carbons (Fsp3) is 0.161. The summed E-state index contributed by atoms with van der Waals surface area (Å²) < 4.78 is 22.2. The number of nitrogens with zero attached hydrogens (tertiary/aromatic N) is 2. The van der Waals surface area contributed by atoms with Crippen LogP contribution in [-0.4, -0.2) is 22.3 Å². The summed E-state index contributed by atoms with van der Waals surface area (Å²) in [5, 5.41) is 9.68. The summed E-state index contributed by atoms with van der Waals surface area (Å²) in [5.74, 6) is -0.389. The normalized spacial score (nSPS) is 11.0. The molecule has 5 aromatic rings. The van der Waals surface area contributed by atoms with Crippen molar-refractivity contribution in [3.8, 4) is 22.7 Å². The van der Waals surface area contributed by atoms with Gasteiger partial charge in [-0.15, -0.1) is 0 Å². The molecule has 1 amide bonds. The molecule has 0 aliphatic rings. The van der Waals surface area contributed by atoms with Crippen LogP contribution in [0.5, 0.6) is 5.75 Å². The Kier molecular flexibility index (Phi) is 7.26. The number of aromatic nitrogens is 2. The Hall–Kier alpha value is -4.45. The average molecular weight is 494 g/mol. The molecule has 0 saturated carbocycles. The molecule has 0 saturated heterocycles. The summed E-state index contributed by atoms with van der Waals surface area (Å²) >= 11 is 0. The van der Waals surface area contributed by atoms with Gasteiger partial charge in [0.05, 0.1) is 18.0 Å². The molecule has 0 spiro atoms. The lowest BCUT2D eigenvalue weighted by Crippen LogP contribution is -2.23. The Labute approximate surface area is 215 Å². The first-order valence-electron chi connectivity index (χ1n) is 12.5. The third-order valence-electron chi connectivity index (χ3n) is 6.25. The Morgan fingerprint density at radius 1 is 0.973 bits per heavy atom. The number of unbranched alkanes of at least 4 members (excludes halogenated alkanes) is 1. The molecule has 5 nitrogen and oxygen atoms in total. The number of carbonyl (C=O) groups is 1. The number of nitrogens with one attached hydrogen (secondary N) is 1. The van der Waals surface area contributed by atoms with Crippen LogP contribution >= 0.6 is 0 Å². The van der Waals surface area contributed by atoms with Gasteiger partial charge in [0.15, 0.2) is 11.6 Å². The number of benzene rings is 4. The van der Waals surface area contributed by atoms with E-state index in [2.05, 4.69) is 12.2 Å². The molecule has 0 atom stereocenters. The van der Waals surface area contributed by atoms with Gasteiger partial charge in [-0.05, 0) is 53.6 Å². The molecule has 5 rings (SSSR count). The maximum absolute atomic E-state index is 14.9. The van der Waals surface area contributed by atoms with Crippen molar-refractivity contribution in [1.29, 1.82) is 0 Å². The highest BCUT2D eigenvalue weighted by Gasteiger charge is 2.17. The first-order valence-corrected chi connectivity index (χ1v) is 12.5. The molecule has 1 heterocycles. The zero-order chi connectivity index (χ0) is 25.6. The smallest absolute Gasteiger partial charge is 0.252 e. The van der Waals surface area contributed by atoms with Crippen LogP contribution in [0.4, 0.5) is 4.39 Å². The van der Waals surface area contributed by atoms with Crippen molar-refractivity contribution in [2.24, 2.45) is 0 Å². The number of carbonyl (C=O) groups excluding carboxylic acids is 1. The van der Waals surface area contributed by atoms with Crippen LogP contribution in [-0.2, 0) is 6.54 Å². The summed E-state index contributed by atoms with van der Waals surface area (Å²) in [6, 6.07) is 28.1. The second-order valence-electron chi connectivity index (χ2n) is 8.84.